The van der Waals surface area contributed by atoms with Crippen LogP contribution in [-0.4, -0.2) is 0 Å². The number of rotatable bonds is 1. The van der Waals surface area contributed by atoms with Gasteiger partial charge in [0.1, 0.15) is 5.69 Å². The first-order chi connectivity index (χ1) is 6.81. The van der Waals surface area contributed by atoms with Crippen LogP contribution in [0.25, 0.3) is 0 Å². The highest BCUT2D eigenvalue weighted by atomic mass is 16.3. The van der Waals surface area contributed by atoms with Crippen LogP contribution >= 0.6 is 0 Å². The third kappa shape index (κ3) is 1.62. The van der Waals surface area contributed by atoms with Gasteiger partial charge in [-0.15, -0.1) is 4.91 Å². The van der Waals surface area contributed by atoms with E-state index in [0.29, 0.717) is 11.4 Å². The van der Waals surface area contributed by atoms with Gasteiger partial charge in [-0.05, 0) is 54.1 Å². The van der Waals surface area contributed by atoms with Gasteiger partial charge in [0.25, 0.3) is 0 Å². The molecule has 1 aromatic rings. The minimum atomic E-state index is 0.394. The number of anilines is 1. The van der Waals surface area contributed by atoms with Gasteiger partial charge in [0, 0.05) is 0 Å². The summed E-state index contributed by atoms with van der Waals surface area (Å²) in [5.41, 5.74) is 9.18. The average Bonchev–Trinajstić information content (AvgIpc) is 2.41. The van der Waals surface area contributed by atoms with Crippen LogP contribution in [0.2, 0.25) is 0 Å². The molecule has 1 aromatic carbocycles. The zero-order valence-corrected chi connectivity index (χ0v) is 8.12. The summed E-state index contributed by atoms with van der Waals surface area (Å²) in [6, 6.07) is 3.76. The van der Waals surface area contributed by atoms with E-state index < -0.39 is 0 Å². The van der Waals surface area contributed by atoms with Crippen molar-refractivity contribution in [1.29, 1.82) is 0 Å². The minimum Gasteiger partial charge on any atom is -0.397 e. The average molecular weight is 190 g/mol. The quantitative estimate of drug-likeness (QED) is 0.420. The highest BCUT2D eigenvalue weighted by molar-refractivity contribution is 5.65. The molecule has 0 bridgehead atoms. The van der Waals surface area contributed by atoms with E-state index >= 15 is 0 Å². The fraction of sp³-hybridized carbons (Fsp3) is 0.455. The summed E-state index contributed by atoms with van der Waals surface area (Å²) in [7, 11) is 0. The molecular weight excluding hydrogens is 176 g/mol. The second kappa shape index (κ2) is 3.78. The van der Waals surface area contributed by atoms with Gasteiger partial charge in [-0.1, -0.05) is 6.42 Å². The first kappa shape index (κ1) is 9.19. The molecule has 0 saturated heterocycles. The molecule has 0 saturated carbocycles. The molecule has 0 heterocycles. The van der Waals surface area contributed by atoms with Crippen molar-refractivity contribution in [3.05, 3.63) is 28.2 Å². The number of nitroso groups, excluding NO2 is 1. The largest absolute Gasteiger partial charge is 0.397 e. The zero-order chi connectivity index (χ0) is 9.97. The smallest absolute Gasteiger partial charge is 0.131 e. The number of nitrogens with two attached hydrogens (primary N) is 1. The fourth-order valence-electron chi connectivity index (χ4n) is 2.05. The van der Waals surface area contributed by atoms with Gasteiger partial charge in [-0.3, -0.25) is 0 Å². The first-order valence-electron chi connectivity index (χ1n) is 5.06. The Morgan fingerprint density at radius 1 is 1.07 bits per heavy atom. The highest BCUT2D eigenvalue weighted by Crippen LogP contribution is 2.30. The standard InChI is InChI=1S/C11H14N2O/c12-10-6-8-4-2-1-3-5-9(8)7-11(10)13-14/h6-7H,1-5,12H2. The van der Waals surface area contributed by atoms with Crippen molar-refractivity contribution in [2.45, 2.75) is 32.1 Å². The maximum atomic E-state index is 10.5. The van der Waals surface area contributed by atoms with Crippen LogP contribution in [0.5, 0.6) is 0 Å². The van der Waals surface area contributed by atoms with Crippen LogP contribution in [-0.2, 0) is 12.8 Å². The molecule has 0 spiro atoms. The molecule has 2 rings (SSSR count). The summed E-state index contributed by atoms with van der Waals surface area (Å²) in [6.45, 7) is 0. The number of aryl methyl sites for hydroxylation is 2. The van der Waals surface area contributed by atoms with E-state index in [9.17, 15) is 4.91 Å². The van der Waals surface area contributed by atoms with E-state index in [4.69, 9.17) is 5.73 Å². The Morgan fingerprint density at radius 3 is 2.36 bits per heavy atom. The summed E-state index contributed by atoms with van der Waals surface area (Å²) in [6.07, 6.45) is 5.82. The summed E-state index contributed by atoms with van der Waals surface area (Å²) >= 11 is 0. The van der Waals surface area contributed by atoms with Crippen molar-refractivity contribution < 1.29 is 0 Å². The van der Waals surface area contributed by atoms with Crippen molar-refractivity contribution in [1.82, 2.24) is 0 Å². The second-order valence-electron chi connectivity index (χ2n) is 3.83. The van der Waals surface area contributed by atoms with Gasteiger partial charge >= 0.3 is 0 Å². The molecule has 14 heavy (non-hydrogen) atoms. The lowest BCUT2D eigenvalue weighted by molar-refractivity contribution is 0.711. The van der Waals surface area contributed by atoms with Gasteiger partial charge in [-0.25, -0.2) is 0 Å². The normalized spacial score (nSPS) is 15.7. The Balaban J connectivity index is 2.45. The van der Waals surface area contributed by atoms with Crippen LogP contribution < -0.4 is 5.73 Å². The van der Waals surface area contributed by atoms with E-state index in [1.165, 1.54) is 30.4 Å². The molecule has 0 aliphatic heterocycles. The molecule has 3 heteroatoms. The lowest BCUT2D eigenvalue weighted by Gasteiger charge is -2.07. The van der Waals surface area contributed by atoms with E-state index in [2.05, 4.69) is 5.18 Å². The Kier molecular flexibility index (Phi) is 2.48. The van der Waals surface area contributed by atoms with Crippen LogP contribution in [0.15, 0.2) is 17.3 Å². The fourth-order valence-corrected chi connectivity index (χ4v) is 2.05. The molecule has 74 valence electrons. The van der Waals surface area contributed by atoms with E-state index in [1.54, 1.807) is 0 Å². The van der Waals surface area contributed by atoms with Crippen LogP contribution in [0.1, 0.15) is 30.4 Å². The van der Waals surface area contributed by atoms with Crippen LogP contribution in [0.4, 0.5) is 11.4 Å². The van der Waals surface area contributed by atoms with Gasteiger partial charge in [0.15, 0.2) is 0 Å². The molecule has 0 fully saturated rings. The topological polar surface area (TPSA) is 55.4 Å². The van der Waals surface area contributed by atoms with Gasteiger partial charge in [-0.2, -0.15) is 0 Å². The molecule has 0 radical (unpaired) electrons. The Labute approximate surface area is 83.3 Å². The zero-order valence-electron chi connectivity index (χ0n) is 8.12. The van der Waals surface area contributed by atoms with Crippen LogP contribution in [0, 0.1) is 4.91 Å². The molecule has 0 aromatic heterocycles. The summed E-state index contributed by atoms with van der Waals surface area (Å²) in [5, 5.41) is 2.93. The molecule has 1 aliphatic carbocycles. The van der Waals surface area contributed by atoms with Crippen molar-refractivity contribution in [3.8, 4) is 0 Å². The van der Waals surface area contributed by atoms with Crippen molar-refractivity contribution in [2.24, 2.45) is 5.18 Å². The van der Waals surface area contributed by atoms with Gasteiger partial charge < -0.3 is 5.73 Å². The third-order valence-corrected chi connectivity index (χ3v) is 2.84. The lowest BCUT2D eigenvalue weighted by Crippen LogP contribution is -1.94. The first-order valence-corrected chi connectivity index (χ1v) is 5.06. The molecule has 1 aliphatic rings. The SMILES string of the molecule is Nc1cc2c(cc1N=O)CCCCC2. The molecule has 0 unspecified atom stereocenters. The Bertz CT molecular complexity index is 361. The molecule has 2 N–H and O–H groups in total. The number of hydrogen-bond acceptors (Lipinski definition) is 3. The molecule has 0 amide bonds. The van der Waals surface area contributed by atoms with Gasteiger partial charge in [0.2, 0.25) is 0 Å². The monoisotopic (exact) mass is 190 g/mol. The lowest BCUT2D eigenvalue weighted by atomic mass is 10.0. The molecular formula is C11H14N2O. The minimum absolute atomic E-state index is 0.394. The summed E-state index contributed by atoms with van der Waals surface area (Å²) in [5.74, 6) is 0. The summed E-state index contributed by atoms with van der Waals surface area (Å²) < 4.78 is 0. The number of hydrogen-bond donors (Lipinski definition) is 1. The maximum Gasteiger partial charge on any atom is 0.131 e. The van der Waals surface area contributed by atoms with E-state index in [1.807, 2.05) is 12.1 Å². The van der Waals surface area contributed by atoms with Gasteiger partial charge in [0.05, 0.1) is 5.69 Å². The number of fused-ring (bicyclic) bond motifs is 1. The van der Waals surface area contributed by atoms with E-state index in [-0.39, 0.29) is 0 Å². The predicted octanol–water partition coefficient (Wildman–Crippen LogP) is 2.94. The van der Waals surface area contributed by atoms with Crippen molar-refractivity contribution in [3.63, 3.8) is 0 Å². The Morgan fingerprint density at radius 2 is 1.71 bits per heavy atom. The predicted molar refractivity (Wildman–Crippen MR) is 57.6 cm³/mol. The number of nitrogen functional groups attached to an aromatic ring is 1. The maximum absolute atomic E-state index is 10.5. The molecule has 0 atom stereocenters. The number of nitrogens with zero attached hydrogens (tertiary/aromatic N) is 1. The van der Waals surface area contributed by atoms with Crippen LogP contribution in [0.3, 0.4) is 0 Å². The Hall–Kier alpha value is -1.38. The van der Waals surface area contributed by atoms with Crippen molar-refractivity contribution in [2.75, 3.05) is 5.73 Å². The molecule has 3 nitrogen and oxygen atoms in total. The number of benzene rings is 1. The van der Waals surface area contributed by atoms with Crippen molar-refractivity contribution >= 4 is 11.4 Å². The second-order valence-corrected chi connectivity index (χ2v) is 3.83. The highest BCUT2D eigenvalue weighted by Gasteiger charge is 2.11. The summed E-state index contributed by atoms with van der Waals surface area (Å²) in [4.78, 5) is 10.5. The third-order valence-electron chi connectivity index (χ3n) is 2.84. The van der Waals surface area contributed by atoms with E-state index in [0.717, 1.165) is 12.8 Å².